The van der Waals surface area contributed by atoms with Gasteiger partial charge in [0.1, 0.15) is 16.7 Å². The van der Waals surface area contributed by atoms with Gasteiger partial charge in [-0.1, -0.05) is 0 Å². The molecule has 0 fully saturated rings. The highest BCUT2D eigenvalue weighted by atomic mass is 35.7. The molecule has 1 aliphatic carbocycles. The standard InChI is InChI=1S/C18H15O2.ClHO4.H2O/c1-10-4-6-15-14(8-10)17-16(20-15)7-5-11(2)13-9-12(3)19-18(13)17;2-1(3,4)5;/h4-9H,1-3H3;(H,2,3,4,5);1H2/q+1;;/p-1. The van der Waals surface area contributed by atoms with Crippen LogP contribution in [0.25, 0.3) is 33.3 Å². The minimum atomic E-state index is -4.94. The Morgan fingerprint density at radius 2 is 1.54 bits per heavy atom. The minimum absolute atomic E-state index is 0. The minimum Gasteiger partial charge on any atom is -0.460 e. The molecule has 0 radical (unpaired) electrons. The van der Waals surface area contributed by atoms with Gasteiger partial charge in [-0.05, 0) is 56.2 Å². The van der Waals surface area contributed by atoms with Crippen LogP contribution in [0.4, 0.5) is 0 Å². The Balaban J connectivity index is 0.000000362. The van der Waals surface area contributed by atoms with Crippen LogP contribution >= 0.6 is 0 Å². The Kier molecular flexibility index (Phi) is 5.52. The molecule has 0 atom stereocenters. The molecule has 0 amide bonds. The van der Waals surface area contributed by atoms with E-state index in [1.54, 1.807) is 0 Å². The average molecular weight is 381 g/mol. The highest BCUT2D eigenvalue weighted by Crippen LogP contribution is 2.40. The lowest BCUT2D eigenvalue weighted by Gasteiger charge is -2.17. The summed E-state index contributed by atoms with van der Waals surface area (Å²) < 4.78 is 45.9. The van der Waals surface area contributed by atoms with Crippen molar-refractivity contribution < 1.29 is 43.2 Å². The number of fused-ring (bicyclic) bond motifs is 5. The van der Waals surface area contributed by atoms with E-state index in [0.29, 0.717) is 0 Å². The van der Waals surface area contributed by atoms with Crippen molar-refractivity contribution in [2.24, 2.45) is 0 Å². The molecule has 0 spiro atoms. The van der Waals surface area contributed by atoms with Gasteiger partial charge in [0.15, 0.2) is 5.58 Å². The monoisotopic (exact) mass is 380 g/mol. The fraction of sp³-hybridized carbons (Fsp3) is 0.167. The number of benzene rings is 1. The molecule has 0 saturated carbocycles. The van der Waals surface area contributed by atoms with Crippen molar-refractivity contribution in [1.29, 1.82) is 0 Å². The van der Waals surface area contributed by atoms with Crippen LogP contribution in [0, 0.1) is 31.0 Å². The maximum atomic E-state index is 8.49. The van der Waals surface area contributed by atoms with Crippen molar-refractivity contribution >= 4 is 21.9 Å². The van der Waals surface area contributed by atoms with E-state index in [1.807, 2.05) is 19.1 Å². The van der Waals surface area contributed by atoms with E-state index in [9.17, 15) is 0 Å². The quantitative estimate of drug-likeness (QED) is 0.389. The van der Waals surface area contributed by atoms with Crippen LogP contribution in [-0.4, -0.2) is 5.48 Å². The molecule has 0 saturated heterocycles. The largest absolute Gasteiger partial charge is 0.460 e. The maximum absolute atomic E-state index is 8.49. The zero-order valence-corrected chi connectivity index (χ0v) is 15.0. The predicted octanol–water partition coefficient (Wildman–Crippen LogP) is -0.0905. The summed E-state index contributed by atoms with van der Waals surface area (Å²) in [7, 11) is -4.94. The molecule has 0 bridgehead atoms. The molecular formula is C18H17ClO7. The van der Waals surface area contributed by atoms with Crippen LogP contribution in [-0.2, 0) is 0 Å². The second kappa shape index (κ2) is 7.16. The summed E-state index contributed by atoms with van der Waals surface area (Å²) >= 11 is 0. The van der Waals surface area contributed by atoms with Crippen LogP contribution < -0.4 is 18.6 Å². The van der Waals surface area contributed by atoms with Gasteiger partial charge in [0.2, 0.25) is 0 Å². The number of furan rings is 2. The molecular weight excluding hydrogens is 364 g/mol. The number of halogens is 1. The first-order chi connectivity index (χ1) is 11.6. The molecule has 7 nitrogen and oxygen atoms in total. The van der Waals surface area contributed by atoms with Crippen LogP contribution in [0.15, 0.2) is 45.2 Å². The number of hydrogen-bond donors (Lipinski definition) is 0. The fourth-order valence-corrected chi connectivity index (χ4v) is 2.87. The van der Waals surface area contributed by atoms with Gasteiger partial charge < -0.3 is 9.89 Å². The molecule has 2 aromatic rings. The Bertz CT molecular complexity index is 1030. The second-order valence-corrected chi connectivity index (χ2v) is 6.59. The molecule has 0 unspecified atom stereocenters. The van der Waals surface area contributed by atoms with Crippen LogP contribution in [0.5, 0.6) is 0 Å². The van der Waals surface area contributed by atoms with E-state index < -0.39 is 10.2 Å². The Morgan fingerprint density at radius 1 is 0.885 bits per heavy atom. The van der Waals surface area contributed by atoms with E-state index in [4.69, 9.17) is 27.5 Å². The van der Waals surface area contributed by atoms with Gasteiger partial charge in [-0.15, -0.1) is 10.2 Å². The summed E-state index contributed by atoms with van der Waals surface area (Å²) in [4.78, 5) is 0. The SMILES string of the molecule is Cc1ccc2[o+]c3ccc(C)c4cc(C)oc4c-3c2c1.O.[O-][Cl+3]([O-])([O-])[O-]. The smallest absolute Gasteiger partial charge is 0.365 e. The highest BCUT2D eigenvalue weighted by Gasteiger charge is 2.28. The number of rotatable bonds is 0. The fourth-order valence-electron chi connectivity index (χ4n) is 2.87. The van der Waals surface area contributed by atoms with E-state index in [2.05, 4.69) is 38.1 Å². The number of hydrogen-bond acceptors (Lipinski definition) is 5. The molecule has 1 aliphatic heterocycles. The Morgan fingerprint density at radius 3 is 2.19 bits per heavy atom. The molecule has 2 aliphatic rings. The van der Waals surface area contributed by atoms with Gasteiger partial charge in [-0.2, -0.15) is 0 Å². The average Bonchev–Trinajstić information content (AvgIpc) is 2.99. The molecule has 1 aromatic carbocycles. The first kappa shape index (κ1) is 20.1. The summed E-state index contributed by atoms with van der Waals surface area (Å²) in [5, 5.41) is 2.27. The molecule has 2 N–H and O–H groups in total. The lowest BCUT2D eigenvalue weighted by atomic mass is 10.1. The molecule has 26 heavy (non-hydrogen) atoms. The summed E-state index contributed by atoms with van der Waals surface area (Å²) in [6, 6.07) is 12.5. The first-order valence-electron chi connectivity index (χ1n) is 7.41. The third kappa shape index (κ3) is 4.10. The van der Waals surface area contributed by atoms with Gasteiger partial charge in [0, 0.05) is 17.5 Å². The Labute approximate surface area is 151 Å². The van der Waals surface area contributed by atoms with Crippen molar-refractivity contribution in [3.05, 3.63) is 53.3 Å². The molecule has 2 heterocycles. The summed E-state index contributed by atoms with van der Waals surface area (Å²) in [5.41, 5.74) is 5.32. The van der Waals surface area contributed by atoms with Gasteiger partial charge in [0.05, 0.1) is 0 Å². The topological polar surface area (TPSA) is 148 Å². The summed E-state index contributed by atoms with van der Waals surface area (Å²) in [6.07, 6.45) is 0. The summed E-state index contributed by atoms with van der Waals surface area (Å²) in [6.45, 7) is 6.18. The van der Waals surface area contributed by atoms with E-state index in [1.165, 1.54) is 11.1 Å². The maximum Gasteiger partial charge on any atom is 0.365 e. The summed E-state index contributed by atoms with van der Waals surface area (Å²) in [5.74, 6) is 1.80. The van der Waals surface area contributed by atoms with E-state index in [-0.39, 0.29) is 5.48 Å². The third-order valence-electron chi connectivity index (χ3n) is 3.86. The lowest BCUT2D eigenvalue weighted by molar-refractivity contribution is -2.00. The van der Waals surface area contributed by atoms with Crippen molar-refractivity contribution in [2.45, 2.75) is 20.8 Å². The number of aryl methyl sites for hydroxylation is 3. The lowest BCUT2D eigenvalue weighted by Crippen LogP contribution is -2.68. The van der Waals surface area contributed by atoms with E-state index in [0.717, 1.165) is 39.0 Å². The predicted molar refractivity (Wildman–Crippen MR) is 84.8 cm³/mol. The molecule has 1 aromatic heterocycles. The Hall–Kier alpha value is -2.26. The molecule has 138 valence electrons. The first-order valence-corrected chi connectivity index (χ1v) is 8.64. The molecule has 8 heteroatoms. The van der Waals surface area contributed by atoms with Crippen molar-refractivity contribution in [3.63, 3.8) is 0 Å². The second-order valence-electron chi connectivity index (χ2n) is 5.84. The molecule has 4 rings (SSSR count). The zero-order valence-electron chi connectivity index (χ0n) is 14.3. The van der Waals surface area contributed by atoms with Crippen LogP contribution in [0.3, 0.4) is 0 Å². The van der Waals surface area contributed by atoms with Gasteiger partial charge in [-0.3, -0.25) is 0 Å². The van der Waals surface area contributed by atoms with Crippen molar-refractivity contribution in [1.82, 2.24) is 0 Å². The van der Waals surface area contributed by atoms with E-state index >= 15 is 0 Å². The normalized spacial score (nSPS) is 11.3. The van der Waals surface area contributed by atoms with Crippen LogP contribution in [0.2, 0.25) is 0 Å². The third-order valence-corrected chi connectivity index (χ3v) is 3.86. The van der Waals surface area contributed by atoms with Crippen molar-refractivity contribution in [2.75, 3.05) is 0 Å². The van der Waals surface area contributed by atoms with Crippen molar-refractivity contribution in [3.8, 4) is 11.3 Å². The van der Waals surface area contributed by atoms with Gasteiger partial charge in [-0.25, -0.2) is 23.1 Å². The van der Waals surface area contributed by atoms with Crippen LogP contribution in [0.1, 0.15) is 16.9 Å². The highest BCUT2D eigenvalue weighted by molar-refractivity contribution is 6.07. The zero-order chi connectivity index (χ0) is 18.4. The van der Waals surface area contributed by atoms with Gasteiger partial charge in [0.25, 0.3) is 0 Å². The van der Waals surface area contributed by atoms with Gasteiger partial charge >= 0.3 is 11.3 Å².